The lowest BCUT2D eigenvalue weighted by atomic mass is 10.1. The van der Waals surface area contributed by atoms with Crippen LogP contribution in [0.1, 0.15) is 17.3 Å². The number of carbonyl (C=O) groups is 1. The molecule has 0 radical (unpaired) electrons. The van der Waals surface area contributed by atoms with Crippen LogP contribution in [0.3, 0.4) is 0 Å². The third kappa shape index (κ3) is 3.73. The van der Waals surface area contributed by atoms with Crippen molar-refractivity contribution in [2.45, 2.75) is 6.92 Å². The second kappa shape index (κ2) is 7.59. The summed E-state index contributed by atoms with van der Waals surface area (Å²) in [6, 6.07) is 14.1. The Bertz CT molecular complexity index is 1170. The van der Waals surface area contributed by atoms with E-state index in [4.69, 9.17) is 4.74 Å². The Morgan fingerprint density at radius 3 is 2.59 bits per heavy atom. The van der Waals surface area contributed by atoms with Gasteiger partial charge in [0.2, 0.25) is 5.88 Å². The Balaban J connectivity index is 1.66. The molecule has 2 aromatic heterocycles. The number of ether oxygens (including phenoxy) is 1. The second-order valence-corrected chi connectivity index (χ2v) is 6.21. The van der Waals surface area contributed by atoms with Crippen LogP contribution in [0.25, 0.3) is 16.9 Å². The minimum atomic E-state index is -0.424. The number of benzene rings is 2. The fourth-order valence-electron chi connectivity index (χ4n) is 2.88. The number of hydrogen-bond donors (Lipinski definition) is 2. The fourth-order valence-corrected chi connectivity index (χ4v) is 2.88. The zero-order valence-electron chi connectivity index (χ0n) is 15.5. The summed E-state index contributed by atoms with van der Waals surface area (Å²) in [5.41, 5.74) is 1.96. The maximum absolute atomic E-state index is 13.2. The fraction of sp³-hybridized carbons (Fsp3) is 0.0952. The Labute approximate surface area is 165 Å². The van der Waals surface area contributed by atoms with E-state index in [9.17, 15) is 14.3 Å². The number of hydrogen-bond acceptors (Lipinski definition) is 5. The molecule has 0 aliphatic carbocycles. The van der Waals surface area contributed by atoms with Gasteiger partial charge in [0.1, 0.15) is 17.1 Å². The Morgan fingerprint density at radius 1 is 1.17 bits per heavy atom. The van der Waals surface area contributed by atoms with Crippen LogP contribution < -0.4 is 10.1 Å². The van der Waals surface area contributed by atoms with Crippen molar-refractivity contribution in [3.63, 3.8) is 0 Å². The van der Waals surface area contributed by atoms with Gasteiger partial charge in [-0.15, -0.1) is 0 Å². The summed E-state index contributed by atoms with van der Waals surface area (Å²) in [5.74, 6) is -0.280. The van der Waals surface area contributed by atoms with Crippen LogP contribution in [-0.2, 0) is 0 Å². The van der Waals surface area contributed by atoms with Crippen LogP contribution in [0.5, 0.6) is 11.6 Å². The molecule has 2 aromatic carbocycles. The van der Waals surface area contributed by atoms with Crippen molar-refractivity contribution >= 4 is 17.2 Å². The number of aromatic hydroxyl groups is 1. The molecule has 0 aliphatic rings. The molecule has 146 valence electrons. The van der Waals surface area contributed by atoms with Gasteiger partial charge in [-0.05, 0) is 55.5 Å². The van der Waals surface area contributed by atoms with E-state index in [0.717, 1.165) is 0 Å². The molecule has 2 heterocycles. The van der Waals surface area contributed by atoms with Crippen molar-refractivity contribution < 1.29 is 19.0 Å². The summed E-state index contributed by atoms with van der Waals surface area (Å²) in [6.07, 6.45) is 1.33. The number of halogens is 1. The molecule has 0 saturated carbocycles. The molecular weight excluding hydrogens is 375 g/mol. The number of nitrogens with zero attached hydrogens (tertiary/aromatic N) is 3. The highest BCUT2D eigenvalue weighted by Gasteiger charge is 2.18. The number of fused-ring (bicyclic) bond motifs is 1. The van der Waals surface area contributed by atoms with Gasteiger partial charge in [0.25, 0.3) is 5.91 Å². The molecule has 4 aromatic rings. The van der Waals surface area contributed by atoms with Crippen molar-refractivity contribution in [2.24, 2.45) is 0 Å². The minimum Gasteiger partial charge on any atom is -0.494 e. The molecule has 0 spiro atoms. The van der Waals surface area contributed by atoms with Crippen molar-refractivity contribution in [1.29, 1.82) is 0 Å². The lowest BCUT2D eigenvalue weighted by Crippen LogP contribution is -2.12. The molecule has 0 saturated heterocycles. The van der Waals surface area contributed by atoms with E-state index in [1.165, 1.54) is 28.9 Å². The Hall–Kier alpha value is -3.94. The molecule has 0 fully saturated rings. The van der Waals surface area contributed by atoms with Crippen molar-refractivity contribution in [3.8, 4) is 22.9 Å². The van der Waals surface area contributed by atoms with Crippen LogP contribution in [0.15, 0.2) is 60.8 Å². The second-order valence-electron chi connectivity index (χ2n) is 6.21. The highest BCUT2D eigenvalue weighted by atomic mass is 19.1. The predicted molar refractivity (Wildman–Crippen MR) is 106 cm³/mol. The largest absolute Gasteiger partial charge is 0.494 e. The summed E-state index contributed by atoms with van der Waals surface area (Å²) >= 11 is 0. The molecule has 1 amide bonds. The first kappa shape index (κ1) is 18.4. The number of nitrogens with one attached hydrogen (secondary N) is 1. The van der Waals surface area contributed by atoms with E-state index in [1.54, 1.807) is 36.4 Å². The van der Waals surface area contributed by atoms with Crippen LogP contribution in [0, 0.1) is 5.82 Å². The standard InChI is InChI=1S/C21H17FN4O3/c1-2-29-16-9-7-15(8-10-16)24-21(28)17-12-23-26-19(27)11-18(25-20(17)26)13-3-5-14(22)6-4-13/h3-12,27H,2H2,1H3,(H,24,28). The Kier molecular flexibility index (Phi) is 4.82. The van der Waals surface area contributed by atoms with Crippen LogP contribution >= 0.6 is 0 Å². The van der Waals surface area contributed by atoms with Gasteiger partial charge in [0.15, 0.2) is 5.65 Å². The molecule has 4 rings (SSSR count). The van der Waals surface area contributed by atoms with Gasteiger partial charge in [0.05, 0.1) is 18.5 Å². The van der Waals surface area contributed by atoms with Gasteiger partial charge >= 0.3 is 0 Å². The highest BCUT2D eigenvalue weighted by Crippen LogP contribution is 2.25. The normalized spacial score (nSPS) is 10.8. The quantitative estimate of drug-likeness (QED) is 0.538. The van der Waals surface area contributed by atoms with Crippen molar-refractivity contribution in [2.75, 3.05) is 11.9 Å². The van der Waals surface area contributed by atoms with Crippen molar-refractivity contribution in [3.05, 3.63) is 72.2 Å². The van der Waals surface area contributed by atoms with Crippen LogP contribution in [0.4, 0.5) is 10.1 Å². The van der Waals surface area contributed by atoms with E-state index in [2.05, 4.69) is 15.4 Å². The zero-order valence-corrected chi connectivity index (χ0v) is 15.5. The number of carbonyl (C=O) groups excluding carboxylic acids is 1. The summed E-state index contributed by atoms with van der Waals surface area (Å²) in [6.45, 7) is 2.45. The van der Waals surface area contributed by atoms with Crippen LogP contribution in [-0.4, -0.2) is 32.2 Å². The van der Waals surface area contributed by atoms with E-state index in [0.29, 0.717) is 29.3 Å². The van der Waals surface area contributed by atoms with Gasteiger partial charge in [-0.3, -0.25) is 4.79 Å². The highest BCUT2D eigenvalue weighted by molar-refractivity contribution is 6.08. The molecule has 7 nitrogen and oxygen atoms in total. The first-order valence-corrected chi connectivity index (χ1v) is 8.93. The Morgan fingerprint density at radius 2 is 1.90 bits per heavy atom. The molecule has 2 N–H and O–H groups in total. The average Bonchev–Trinajstić information content (AvgIpc) is 3.15. The summed E-state index contributed by atoms with van der Waals surface area (Å²) in [7, 11) is 0. The first-order valence-electron chi connectivity index (χ1n) is 8.93. The topological polar surface area (TPSA) is 88.8 Å². The molecule has 0 atom stereocenters. The van der Waals surface area contributed by atoms with Gasteiger partial charge in [-0.2, -0.15) is 9.61 Å². The summed E-state index contributed by atoms with van der Waals surface area (Å²) in [5, 5.41) is 17.1. The molecular formula is C21H17FN4O3. The van der Waals surface area contributed by atoms with Crippen molar-refractivity contribution in [1.82, 2.24) is 14.6 Å². The number of amides is 1. The zero-order chi connectivity index (χ0) is 20.4. The molecule has 0 bridgehead atoms. The molecule has 0 unspecified atom stereocenters. The van der Waals surface area contributed by atoms with E-state index < -0.39 is 5.91 Å². The van der Waals surface area contributed by atoms with Gasteiger partial charge < -0.3 is 15.2 Å². The monoisotopic (exact) mass is 392 g/mol. The van der Waals surface area contributed by atoms with Gasteiger partial charge in [-0.25, -0.2) is 9.37 Å². The first-order chi connectivity index (χ1) is 14.0. The summed E-state index contributed by atoms with van der Waals surface area (Å²) in [4.78, 5) is 17.2. The third-order valence-corrected chi connectivity index (χ3v) is 4.26. The maximum atomic E-state index is 13.2. The minimum absolute atomic E-state index is 0.186. The average molecular weight is 392 g/mol. The number of rotatable bonds is 5. The number of anilines is 1. The number of aromatic nitrogens is 3. The van der Waals surface area contributed by atoms with Crippen LogP contribution in [0.2, 0.25) is 0 Å². The van der Waals surface area contributed by atoms with Gasteiger partial charge in [-0.1, -0.05) is 0 Å². The molecule has 0 aliphatic heterocycles. The molecule has 29 heavy (non-hydrogen) atoms. The third-order valence-electron chi connectivity index (χ3n) is 4.26. The smallest absolute Gasteiger partial charge is 0.261 e. The van der Waals surface area contributed by atoms with E-state index in [-0.39, 0.29) is 22.9 Å². The lowest BCUT2D eigenvalue weighted by Gasteiger charge is -2.07. The molecule has 8 heteroatoms. The van der Waals surface area contributed by atoms with E-state index in [1.807, 2.05) is 6.92 Å². The maximum Gasteiger partial charge on any atom is 0.261 e. The SMILES string of the molecule is CCOc1ccc(NC(=O)c2cnn3c(O)cc(-c4ccc(F)cc4)nc23)cc1. The predicted octanol–water partition coefficient (Wildman–Crippen LogP) is 3.89. The van der Waals surface area contributed by atoms with E-state index >= 15 is 0 Å². The van der Waals surface area contributed by atoms with Gasteiger partial charge in [0, 0.05) is 17.3 Å². The summed E-state index contributed by atoms with van der Waals surface area (Å²) < 4.78 is 19.7. The lowest BCUT2D eigenvalue weighted by molar-refractivity contribution is 0.102.